The lowest BCUT2D eigenvalue weighted by Crippen LogP contribution is -2.55. The van der Waals surface area contributed by atoms with Gasteiger partial charge in [0.1, 0.15) is 12.5 Å². The first-order valence-electron chi connectivity index (χ1n) is 14.8. The van der Waals surface area contributed by atoms with E-state index in [-0.39, 0.29) is 11.9 Å². The molecule has 2 aliphatic heterocycles. The maximum absolute atomic E-state index is 12.0. The summed E-state index contributed by atoms with van der Waals surface area (Å²) < 4.78 is 19.0. The molecule has 6 aliphatic rings. The van der Waals surface area contributed by atoms with Gasteiger partial charge in [-0.25, -0.2) is 0 Å². The highest BCUT2D eigenvalue weighted by Gasteiger charge is 2.69. The zero-order valence-electron chi connectivity index (χ0n) is 22.7. The number of esters is 1. The molecule has 4 saturated carbocycles. The molecule has 2 saturated heterocycles. The van der Waals surface area contributed by atoms with Crippen LogP contribution >= 0.6 is 0 Å². The van der Waals surface area contributed by atoms with Crippen LogP contribution < -0.4 is 0 Å². The van der Waals surface area contributed by atoms with Crippen LogP contribution in [0, 0.1) is 52.3 Å². The number of carbonyl (C=O) groups is 2. The zero-order valence-corrected chi connectivity index (χ0v) is 22.7. The van der Waals surface area contributed by atoms with E-state index >= 15 is 0 Å². The van der Waals surface area contributed by atoms with Crippen molar-refractivity contribution in [3.63, 3.8) is 0 Å². The second-order valence-corrected chi connectivity index (χ2v) is 14.1. The van der Waals surface area contributed by atoms with E-state index in [9.17, 15) is 9.59 Å². The third-order valence-corrected chi connectivity index (χ3v) is 12.5. The number of carboxylic acids is 1. The molecule has 4 aliphatic carbocycles. The quantitative estimate of drug-likeness (QED) is 0.387. The Kier molecular flexibility index (Phi) is 6.07. The zero-order chi connectivity index (χ0) is 25.5. The number of fused-ring (bicyclic) bond motifs is 7. The molecule has 6 nitrogen and oxygen atoms in total. The summed E-state index contributed by atoms with van der Waals surface area (Å²) in [5.41, 5.74) is 0.641. The molecule has 1 N–H and O–H groups in total. The van der Waals surface area contributed by atoms with Gasteiger partial charge in [-0.1, -0.05) is 27.7 Å². The summed E-state index contributed by atoms with van der Waals surface area (Å²) in [6.45, 7) is 10.7. The van der Waals surface area contributed by atoms with Gasteiger partial charge in [-0.15, -0.1) is 0 Å². The molecular formula is C30H46O6. The molecule has 202 valence electrons. The first kappa shape index (κ1) is 25.2. The third kappa shape index (κ3) is 3.71. The van der Waals surface area contributed by atoms with Crippen molar-refractivity contribution in [3.8, 4) is 0 Å². The Labute approximate surface area is 216 Å². The van der Waals surface area contributed by atoms with Gasteiger partial charge in [-0.2, -0.15) is 0 Å². The highest BCUT2D eigenvalue weighted by atomic mass is 16.7. The van der Waals surface area contributed by atoms with Crippen LogP contribution in [0.1, 0.15) is 98.3 Å². The Morgan fingerprint density at radius 1 is 0.944 bits per heavy atom. The Morgan fingerprint density at radius 3 is 2.44 bits per heavy atom. The van der Waals surface area contributed by atoms with Crippen molar-refractivity contribution in [2.24, 2.45) is 52.3 Å². The van der Waals surface area contributed by atoms with Gasteiger partial charge in [0.15, 0.2) is 5.79 Å². The lowest BCUT2D eigenvalue weighted by atomic mass is 9.44. The maximum atomic E-state index is 12.0. The second-order valence-electron chi connectivity index (χ2n) is 14.1. The van der Waals surface area contributed by atoms with E-state index in [1.54, 1.807) is 0 Å². The van der Waals surface area contributed by atoms with Crippen LogP contribution in [0.3, 0.4) is 0 Å². The van der Waals surface area contributed by atoms with Gasteiger partial charge in [0, 0.05) is 12.3 Å². The van der Waals surface area contributed by atoms with E-state index in [0.717, 1.165) is 50.0 Å². The SMILES string of the molecule is CC1C2C(CC3C4CCC5C[C@H](OC(=O)CC(=O)O)CC[C@]5(C)C4CC[C@@]32C)O[C@]12CC[C@H](C)CO2. The number of ether oxygens (including phenoxy) is 3. The summed E-state index contributed by atoms with van der Waals surface area (Å²) in [4.78, 5) is 22.9. The van der Waals surface area contributed by atoms with Crippen molar-refractivity contribution < 1.29 is 28.9 Å². The summed E-state index contributed by atoms with van der Waals surface area (Å²) >= 11 is 0. The fourth-order valence-electron chi connectivity index (χ4n) is 10.7. The first-order valence-corrected chi connectivity index (χ1v) is 14.8. The molecule has 36 heavy (non-hydrogen) atoms. The predicted molar refractivity (Wildman–Crippen MR) is 134 cm³/mol. The number of hydrogen-bond acceptors (Lipinski definition) is 5. The Morgan fingerprint density at radius 2 is 1.72 bits per heavy atom. The second kappa shape index (κ2) is 8.69. The topological polar surface area (TPSA) is 82.1 Å². The standard InChI is InChI=1S/C30H46O6/c1-17-7-12-30(34-16-17)18(2)27-24(36-30)14-23-21-6-5-19-13-20(35-26(33)15-25(31)32)8-10-28(19,3)22(21)9-11-29(23,27)4/h17-24,27H,5-16H2,1-4H3,(H,31,32)/t17-,18?,19?,20+,21?,22?,23?,24?,27?,28-,29-,30+/m0/s1. The van der Waals surface area contributed by atoms with Crippen LogP contribution in [0.15, 0.2) is 0 Å². The molecule has 0 amide bonds. The van der Waals surface area contributed by atoms with E-state index in [4.69, 9.17) is 19.3 Å². The first-order chi connectivity index (χ1) is 17.1. The van der Waals surface area contributed by atoms with Crippen LogP contribution in [-0.4, -0.2) is 41.6 Å². The number of carboxylic acid groups (broad SMARTS) is 1. The molecule has 6 rings (SSSR count). The molecule has 0 aromatic carbocycles. The summed E-state index contributed by atoms with van der Waals surface area (Å²) in [7, 11) is 0. The van der Waals surface area contributed by atoms with Crippen LogP contribution in [0.4, 0.5) is 0 Å². The molecule has 6 fully saturated rings. The predicted octanol–water partition coefficient (Wildman–Crippen LogP) is 5.82. The molecule has 0 bridgehead atoms. The Hall–Kier alpha value is -1.14. The normalized spacial score (nSPS) is 53.7. The van der Waals surface area contributed by atoms with E-state index in [1.807, 2.05) is 0 Å². The lowest BCUT2D eigenvalue weighted by Gasteiger charge is -2.61. The largest absolute Gasteiger partial charge is 0.481 e. The minimum atomic E-state index is -1.11. The summed E-state index contributed by atoms with van der Waals surface area (Å²) in [5.74, 6) is 2.47. The Bertz CT molecular complexity index is 894. The van der Waals surface area contributed by atoms with Crippen molar-refractivity contribution >= 4 is 11.9 Å². The average Bonchev–Trinajstić information content (AvgIpc) is 3.26. The maximum Gasteiger partial charge on any atom is 0.317 e. The molecule has 6 heteroatoms. The lowest BCUT2D eigenvalue weighted by molar-refractivity contribution is -0.273. The molecule has 2 heterocycles. The minimum Gasteiger partial charge on any atom is -0.481 e. The van der Waals surface area contributed by atoms with Gasteiger partial charge in [-0.05, 0) is 104 Å². The molecule has 1 spiro atoms. The molecule has 0 aromatic heterocycles. The average molecular weight is 503 g/mol. The highest BCUT2D eigenvalue weighted by Crippen LogP contribution is 2.71. The number of hydrogen-bond donors (Lipinski definition) is 1. The highest BCUT2D eigenvalue weighted by molar-refractivity contribution is 5.90. The van der Waals surface area contributed by atoms with Gasteiger partial charge in [0.05, 0.1) is 12.7 Å². The van der Waals surface area contributed by atoms with Gasteiger partial charge in [0.25, 0.3) is 0 Å². The van der Waals surface area contributed by atoms with Gasteiger partial charge >= 0.3 is 11.9 Å². The fourth-order valence-corrected chi connectivity index (χ4v) is 10.7. The van der Waals surface area contributed by atoms with Crippen molar-refractivity contribution in [2.75, 3.05) is 6.61 Å². The number of aliphatic carboxylic acids is 1. The minimum absolute atomic E-state index is 0.116. The van der Waals surface area contributed by atoms with Crippen molar-refractivity contribution in [1.29, 1.82) is 0 Å². The van der Waals surface area contributed by atoms with E-state index < -0.39 is 18.4 Å². The van der Waals surface area contributed by atoms with E-state index in [0.29, 0.717) is 40.6 Å². The summed E-state index contributed by atoms with van der Waals surface area (Å²) in [6.07, 6.45) is 11.1. The van der Waals surface area contributed by atoms with Crippen LogP contribution in [0.5, 0.6) is 0 Å². The van der Waals surface area contributed by atoms with Crippen LogP contribution in [0.2, 0.25) is 0 Å². The summed E-state index contributed by atoms with van der Waals surface area (Å²) in [5, 5.41) is 8.91. The van der Waals surface area contributed by atoms with E-state index in [2.05, 4.69) is 27.7 Å². The number of rotatable bonds is 3. The molecule has 0 radical (unpaired) electrons. The summed E-state index contributed by atoms with van der Waals surface area (Å²) in [6, 6.07) is 0. The van der Waals surface area contributed by atoms with Crippen molar-refractivity contribution in [3.05, 3.63) is 0 Å². The number of carbonyl (C=O) groups excluding carboxylic acids is 1. The van der Waals surface area contributed by atoms with Crippen LogP contribution in [0.25, 0.3) is 0 Å². The third-order valence-electron chi connectivity index (χ3n) is 12.5. The Balaban J connectivity index is 1.16. The van der Waals surface area contributed by atoms with Gasteiger partial charge < -0.3 is 19.3 Å². The molecule has 12 atom stereocenters. The van der Waals surface area contributed by atoms with Gasteiger partial charge in [0.2, 0.25) is 0 Å². The molecule has 7 unspecified atom stereocenters. The van der Waals surface area contributed by atoms with Crippen LogP contribution in [-0.2, 0) is 23.8 Å². The van der Waals surface area contributed by atoms with E-state index in [1.165, 1.54) is 38.5 Å². The fraction of sp³-hybridized carbons (Fsp3) is 0.933. The molecular weight excluding hydrogens is 456 g/mol. The van der Waals surface area contributed by atoms with Gasteiger partial charge in [-0.3, -0.25) is 9.59 Å². The van der Waals surface area contributed by atoms with Crippen molar-refractivity contribution in [2.45, 2.75) is 116 Å². The van der Waals surface area contributed by atoms with Crippen molar-refractivity contribution in [1.82, 2.24) is 0 Å². The monoisotopic (exact) mass is 502 g/mol. The molecule has 0 aromatic rings. The smallest absolute Gasteiger partial charge is 0.317 e.